The topological polar surface area (TPSA) is 62.5 Å². The minimum atomic E-state index is -0.959. The third-order valence-electron chi connectivity index (χ3n) is 3.15. The largest absolute Gasteiger partial charge is 0.370 e. The molecule has 0 fully saturated rings. The highest BCUT2D eigenvalue weighted by molar-refractivity contribution is 7.84. The van der Waals surface area contributed by atoms with Crippen molar-refractivity contribution in [3.05, 3.63) is 42.9 Å². The zero-order valence-corrected chi connectivity index (χ0v) is 18.2. The van der Waals surface area contributed by atoms with Gasteiger partial charge in [0, 0.05) is 47.0 Å². The summed E-state index contributed by atoms with van der Waals surface area (Å²) < 4.78 is 13.4. The van der Waals surface area contributed by atoms with Crippen LogP contribution in [0.4, 0.5) is 5.82 Å². The van der Waals surface area contributed by atoms with Crippen molar-refractivity contribution in [3.63, 3.8) is 0 Å². The lowest BCUT2D eigenvalue weighted by Gasteiger charge is -2.05. The molecule has 1 N–H and O–H groups in total. The van der Waals surface area contributed by atoms with Crippen LogP contribution in [0.1, 0.15) is 20.3 Å². The fourth-order valence-corrected chi connectivity index (χ4v) is 2.65. The number of rotatable bonds is 3. The summed E-state index contributed by atoms with van der Waals surface area (Å²) in [6, 6.07) is 7.68. The molecule has 6 nitrogen and oxygen atoms in total. The van der Waals surface area contributed by atoms with E-state index in [1.54, 1.807) is 12.5 Å². The molecule has 1 unspecified atom stereocenters. The van der Waals surface area contributed by atoms with Gasteiger partial charge in [-0.15, -0.1) is 0 Å². The van der Waals surface area contributed by atoms with Gasteiger partial charge in [-0.3, -0.25) is 8.61 Å². The number of fused-ring (bicyclic) bond motifs is 1. The van der Waals surface area contributed by atoms with Crippen LogP contribution in [0.3, 0.4) is 0 Å². The molecule has 0 saturated heterocycles. The maximum Gasteiger partial charge on any atom is 0.180 e. The smallest absolute Gasteiger partial charge is 0.180 e. The minimum Gasteiger partial charge on any atom is -0.370 e. The van der Waals surface area contributed by atoms with Crippen LogP contribution in [-0.2, 0) is 10.8 Å². The molecule has 1 aromatic carbocycles. The van der Waals surface area contributed by atoms with Crippen LogP contribution in [0.5, 0.6) is 0 Å². The summed E-state index contributed by atoms with van der Waals surface area (Å²) in [6.07, 6.45) is 8.35. The molecule has 0 radical (unpaired) electrons. The average molecular weight is 390 g/mol. The molecule has 2 heterocycles. The second-order valence-electron chi connectivity index (χ2n) is 6.39. The van der Waals surface area contributed by atoms with Gasteiger partial charge in [0.15, 0.2) is 11.5 Å². The second-order valence-corrected chi connectivity index (χ2v) is 7.77. The van der Waals surface area contributed by atoms with E-state index in [0.717, 1.165) is 27.6 Å². The zero-order valence-electron chi connectivity index (χ0n) is 17.4. The number of nitrogens with zero attached hydrogens (tertiary/aromatic N) is 4. The van der Waals surface area contributed by atoms with Gasteiger partial charge in [-0.2, -0.15) is 0 Å². The molecule has 0 aliphatic carbocycles. The molecule has 27 heavy (non-hydrogen) atoms. The van der Waals surface area contributed by atoms with Gasteiger partial charge in [-0.05, 0) is 33.3 Å². The van der Waals surface area contributed by atoms with Gasteiger partial charge in [-0.1, -0.05) is 32.4 Å². The first kappa shape index (κ1) is 22.8. The van der Waals surface area contributed by atoms with Gasteiger partial charge in [0.1, 0.15) is 0 Å². The Kier molecular flexibility index (Phi) is 9.67. The fourth-order valence-electron chi connectivity index (χ4n) is 2.13. The normalized spacial score (nSPS) is 11.3. The van der Waals surface area contributed by atoms with E-state index >= 15 is 0 Å². The van der Waals surface area contributed by atoms with Crippen LogP contribution in [0.25, 0.3) is 16.9 Å². The quantitative estimate of drug-likeness (QED) is 0.739. The molecule has 3 aromatic rings. The summed E-state index contributed by atoms with van der Waals surface area (Å²) in [6.45, 7) is 4.25. The van der Waals surface area contributed by atoms with Crippen LogP contribution in [-0.4, -0.2) is 57.9 Å². The highest BCUT2D eigenvalue weighted by Gasteiger charge is 2.09. The summed E-state index contributed by atoms with van der Waals surface area (Å²) in [5.74, 6) is 0.741. The molecule has 0 aliphatic heterocycles. The van der Waals surface area contributed by atoms with Crippen LogP contribution in [0, 0.1) is 0 Å². The van der Waals surface area contributed by atoms with Gasteiger partial charge in [0.05, 0.1) is 11.9 Å². The van der Waals surface area contributed by atoms with Crippen molar-refractivity contribution in [3.8, 4) is 11.3 Å². The molecule has 0 bridgehead atoms. The van der Waals surface area contributed by atoms with Gasteiger partial charge in [-0.25, -0.2) is 9.97 Å². The van der Waals surface area contributed by atoms with E-state index in [-0.39, 0.29) is 0 Å². The molecular weight excluding hydrogens is 358 g/mol. The molecule has 2 aromatic heterocycles. The van der Waals surface area contributed by atoms with Crippen molar-refractivity contribution in [2.24, 2.45) is 0 Å². The van der Waals surface area contributed by atoms with Crippen molar-refractivity contribution >= 4 is 22.3 Å². The molecule has 0 spiro atoms. The van der Waals surface area contributed by atoms with Gasteiger partial charge >= 0.3 is 0 Å². The molecule has 0 aliphatic rings. The summed E-state index contributed by atoms with van der Waals surface area (Å²) in [5, 5.41) is 3.02. The Bertz CT molecular complexity index is 840. The van der Waals surface area contributed by atoms with E-state index in [0.29, 0.717) is 0 Å². The van der Waals surface area contributed by atoms with Crippen molar-refractivity contribution in [1.82, 2.24) is 19.3 Å². The van der Waals surface area contributed by atoms with Crippen LogP contribution in [0.2, 0.25) is 0 Å². The summed E-state index contributed by atoms with van der Waals surface area (Å²) in [4.78, 5) is 11.5. The van der Waals surface area contributed by atoms with Crippen molar-refractivity contribution in [1.29, 1.82) is 0 Å². The first-order valence-corrected chi connectivity index (χ1v) is 10.5. The van der Waals surface area contributed by atoms with E-state index in [4.69, 9.17) is 0 Å². The highest BCUT2D eigenvalue weighted by Crippen LogP contribution is 2.23. The number of hydrogen-bond acceptors (Lipinski definition) is 5. The number of nitrogens with one attached hydrogen (secondary N) is 1. The third kappa shape index (κ3) is 6.77. The lowest BCUT2D eigenvalue weighted by atomic mass is 10.2. The summed E-state index contributed by atoms with van der Waals surface area (Å²) >= 11 is 0. The summed E-state index contributed by atoms with van der Waals surface area (Å²) in [5.41, 5.74) is 2.79. The SMILES string of the molecule is CCC.CN(C)C.CNc1nccn2c(-c3ccc(S(C)=O)cc3)cnc12. The molecule has 148 valence electrons. The van der Waals surface area contributed by atoms with E-state index in [9.17, 15) is 4.21 Å². The Balaban J connectivity index is 0.000000453. The molecular formula is C20H31N5OS. The maximum atomic E-state index is 11.4. The molecule has 7 heteroatoms. The third-order valence-corrected chi connectivity index (χ3v) is 4.08. The molecule has 0 saturated carbocycles. The predicted octanol–water partition coefficient (Wildman–Crippen LogP) is 3.77. The Hall–Kier alpha value is -2.25. The minimum absolute atomic E-state index is 0.741. The van der Waals surface area contributed by atoms with Crippen LogP contribution >= 0.6 is 0 Å². The Labute approximate surface area is 165 Å². The molecule has 0 amide bonds. The van der Waals surface area contributed by atoms with Gasteiger partial charge in [0.25, 0.3) is 0 Å². The summed E-state index contributed by atoms with van der Waals surface area (Å²) in [7, 11) is 6.86. The Morgan fingerprint density at radius 1 is 1.11 bits per heavy atom. The van der Waals surface area contributed by atoms with Crippen molar-refractivity contribution < 1.29 is 4.21 Å². The monoisotopic (exact) mass is 389 g/mol. The van der Waals surface area contributed by atoms with Crippen LogP contribution < -0.4 is 5.32 Å². The van der Waals surface area contributed by atoms with E-state index in [2.05, 4.69) is 29.1 Å². The van der Waals surface area contributed by atoms with E-state index in [1.807, 2.05) is 74.2 Å². The second kappa shape index (κ2) is 11.5. The Morgan fingerprint density at radius 2 is 1.67 bits per heavy atom. The highest BCUT2D eigenvalue weighted by atomic mass is 32.2. The maximum absolute atomic E-state index is 11.4. The molecule has 1 atom stereocenters. The first-order chi connectivity index (χ1) is 12.8. The van der Waals surface area contributed by atoms with E-state index < -0.39 is 10.8 Å². The molecule has 3 rings (SSSR count). The lowest BCUT2D eigenvalue weighted by molar-refractivity contribution is 0.505. The Morgan fingerprint density at radius 3 is 2.15 bits per heavy atom. The lowest BCUT2D eigenvalue weighted by Crippen LogP contribution is -1.99. The number of hydrogen-bond donors (Lipinski definition) is 1. The predicted molar refractivity (Wildman–Crippen MR) is 116 cm³/mol. The van der Waals surface area contributed by atoms with E-state index in [1.165, 1.54) is 6.42 Å². The number of imidazole rings is 1. The average Bonchev–Trinajstić information content (AvgIpc) is 3.06. The van der Waals surface area contributed by atoms with Gasteiger partial charge in [0.2, 0.25) is 0 Å². The number of anilines is 1. The fraction of sp³-hybridized carbons (Fsp3) is 0.400. The zero-order chi connectivity index (χ0) is 20.4. The number of benzene rings is 1. The van der Waals surface area contributed by atoms with Crippen molar-refractivity contribution in [2.75, 3.05) is 39.8 Å². The van der Waals surface area contributed by atoms with Crippen molar-refractivity contribution in [2.45, 2.75) is 25.2 Å². The van der Waals surface area contributed by atoms with Crippen LogP contribution in [0.15, 0.2) is 47.8 Å². The first-order valence-electron chi connectivity index (χ1n) is 8.90. The number of aromatic nitrogens is 3. The van der Waals surface area contributed by atoms with Gasteiger partial charge < -0.3 is 10.2 Å². The standard InChI is InChI=1S/C14H14N4OS.C3H9N.C3H8/c1-15-13-14-17-9-12(18(14)8-7-16-13)10-3-5-11(6-4-10)20(2)19;1-4(2)3;1-3-2/h3-9H,1-2H3,(H,15,16);1-3H3;3H2,1-2H3.